The van der Waals surface area contributed by atoms with Crippen molar-refractivity contribution in [1.82, 2.24) is 9.88 Å². The van der Waals surface area contributed by atoms with Crippen molar-refractivity contribution in [1.29, 1.82) is 0 Å². The maximum absolute atomic E-state index is 13.0. The zero-order valence-corrected chi connectivity index (χ0v) is 32.1. The van der Waals surface area contributed by atoms with E-state index in [2.05, 4.69) is 17.0 Å². The molecule has 0 fully saturated rings. The number of nitrogens with zero attached hydrogens (tertiary/aromatic N) is 2. The van der Waals surface area contributed by atoms with Gasteiger partial charge >= 0.3 is 12.1 Å². The minimum atomic E-state index is -4.39. The van der Waals surface area contributed by atoms with E-state index >= 15 is 0 Å². The molecule has 0 bridgehead atoms. The van der Waals surface area contributed by atoms with E-state index in [0.29, 0.717) is 36.1 Å². The van der Waals surface area contributed by atoms with Crippen LogP contribution in [0.4, 0.5) is 13.2 Å². The highest BCUT2D eigenvalue weighted by Gasteiger charge is 2.30. The highest BCUT2D eigenvalue weighted by molar-refractivity contribution is 6.31. The number of unbranched alkanes of at least 4 members (excludes halogenated alkanes) is 1. The Hall–Kier alpha value is -3.96. The van der Waals surface area contributed by atoms with Crippen LogP contribution in [0.1, 0.15) is 97.4 Å². The van der Waals surface area contributed by atoms with Crippen LogP contribution in [0, 0.1) is 0 Å². The van der Waals surface area contributed by atoms with E-state index in [1.54, 1.807) is 19.1 Å². The number of benzene rings is 3. The van der Waals surface area contributed by atoms with E-state index < -0.39 is 17.7 Å². The summed E-state index contributed by atoms with van der Waals surface area (Å²) in [6.45, 7) is 9.17. The average Bonchev–Trinajstić information content (AvgIpc) is 3.17. The molecular weight excluding hydrogens is 717 g/mol. The van der Waals surface area contributed by atoms with Crippen molar-refractivity contribution in [2.75, 3.05) is 32.9 Å². The number of hydrogen-bond donors (Lipinski definition) is 0. The smallest absolute Gasteiger partial charge is 0.416 e. The van der Waals surface area contributed by atoms with E-state index in [-0.39, 0.29) is 18.9 Å². The summed E-state index contributed by atoms with van der Waals surface area (Å²) in [5.41, 5.74) is 4.99. The Morgan fingerprint density at radius 1 is 0.889 bits per heavy atom. The Kier molecular flexibility index (Phi) is 15.3. The van der Waals surface area contributed by atoms with Gasteiger partial charge in [0.05, 0.1) is 12.2 Å². The number of rotatable bonds is 19. The minimum Gasteiger partial charge on any atom is -0.489 e. The van der Waals surface area contributed by atoms with Gasteiger partial charge in [0, 0.05) is 42.1 Å². The van der Waals surface area contributed by atoms with Crippen molar-refractivity contribution in [2.24, 2.45) is 0 Å². The number of aryl methyl sites for hydroxylation is 1. The second kappa shape index (κ2) is 20.1. The molecule has 0 saturated heterocycles. The Morgan fingerprint density at radius 3 is 2.33 bits per heavy atom. The first kappa shape index (κ1) is 41.2. The molecule has 0 aliphatic heterocycles. The van der Waals surface area contributed by atoms with E-state index in [9.17, 15) is 18.0 Å². The largest absolute Gasteiger partial charge is 0.489 e. The van der Waals surface area contributed by atoms with Crippen molar-refractivity contribution in [2.45, 2.75) is 90.8 Å². The molecule has 4 aromatic rings. The standard InChI is InChI=1S/C43H50ClF3N2O5/c1-4-51-41(52-5-2)16-9-10-26-49(39-14-11-13-37-35(39)23-24-38(48-37)42(50)53-6-3)27-25-31-12-7-8-15-40(31)54-29-33-18-17-32(28-36(33)44)30-19-21-34(22-20-30)43(45,46)47/h7-8,12,15,17-24,28,39,41H,4-6,9-11,13-14,16,25-27,29H2,1-3H3. The van der Waals surface area contributed by atoms with E-state index in [0.717, 1.165) is 104 Å². The van der Waals surface area contributed by atoms with Crippen LogP contribution in [0.25, 0.3) is 11.1 Å². The fraction of sp³-hybridized carbons (Fsp3) is 0.442. The van der Waals surface area contributed by atoms with Gasteiger partial charge in [-0.3, -0.25) is 4.90 Å². The van der Waals surface area contributed by atoms with Gasteiger partial charge in [-0.25, -0.2) is 9.78 Å². The summed E-state index contributed by atoms with van der Waals surface area (Å²) < 4.78 is 62.3. The average molecular weight is 767 g/mol. The fourth-order valence-corrected chi connectivity index (χ4v) is 7.17. The molecule has 1 aliphatic carbocycles. The second-order valence-corrected chi connectivity index (χ2v) is 13.7. The quantitative estimate of drug-likeness (QED) is 0.0535. The molecule has 0 amide bonds. The lowest BCUT2D eigenvalue weighted by Gasteiger charge is -2.36. The minimum absolute atomic E-state index is 0.155. The Labute approximate surface area is 321 Å². The number of carbonyl (C=O) groups is 1. The third-order valence-electron chi connectivity index (χ3n) is 9.65. The zero-order valence-electron chi connectivity index (χ0n) is 31.3. The highest BCUT2D eigenvalue weighted by atomic mass is 35.5. The molecule has 1 aromatic heterocycles. The van der Waals surface area contributed by atoms with Crippen LogP contribution in [-0.4, -0.2) is 55.1 Å². The van der Waals surface area contributed by atoms with Crippen LogP contribution >= 0.6 is 11.6 Å². The molecule has 0 N–H and O–H groups in total. The number of fused-ring (bicyclic) bond motifs is 1. The summed E-state index contributed by atoms with van der Waals surface area (Å²) in [6.07, 6.45) is 1.70. The first-order valence-electron chi connectivity index (χ1n) is 18.9. The summed E-state index contributed by atoms with van der Waals surface area (Å²) in [4.78, 5) is 19.7. The molecule has 1 unspecified atom stereocenters. The van der Waals surface area contributed by atoms with E-state index in [1.165, 1.54) is 12.1 Å². The van der Waals surface area contributed by atoms with Gasteiger partial charge in [0.2, 0.25) is 0 Å². The summed E-state index contributed by atoms with van der Waals surface area (Å²) in [5.74, 6) is 0.367. The maximum atomic E-state index is 13.0. The van der Waals surface area contributed by atoms with Gasteiger partial charge in [-0.2, -0.15) is 13.2 Å². The van der Waals surface area contributed by atoms with Crippen molar-refractivity contribution in [3.05, 3.63) is 118 Å². The third kappa shape index (κ3) is 11.3. The van der Waals surface area contributed by atoms with Crippen LogP contribution < -0.4 is 4.74 Å². The zero-order chi connectivity index (χ0) is 38.5. The molecule has 1 aliphatic rings. The Bertz CT molecular complexity index is 1800. The first-order chi connectivity index (χ1) is 26.1. The van der Waals surface area contributed by atoms with Gasteiger partial charge in [0.15, 0.2) is 6.29 Å². The number of carbonyl (C=O) groups excluding carboxylic acids is 1. The van der Waals surface area contributed by atoms with E-state index in [1.807, 2.05) is 44.2 Å². The van der Waals surface area contributed by atoms with Gasteiger partial charge in [-0.05, 0) is 125 Å². The van der Waals surface area contributed by atoms with Gasteiger partial charge in [-0.15, -0.1) is 0 Å². The Balaban J connectivity index is 1.28. The monoisotopic (exact) mass is 766 g/mol. The van der Waals surface area contributed by atoms with Crippen molar-refractivity contribution in [3.8, 4) is 16.9 Å². The van der Waals surface area contributed by atoms with E-state index in [4.69, 9.17) is 35.5 Å². The highest BCUT2D eigenvalue weighted by Crippen LogP contribution is 2.36. The van der Waals surface area contributed by atoms with Crippen LogP contribution in [0.2, 0.25) is 5.02 Å². The SMILES string of the molecule is CCOC(=O)c1ccc2c(n1)CCCC2N(CCCCC(OCC)OCC)CCc1ccccc1OCc1ccc(-c2ccc(C(F)(F)F)cc2)cc1Cl. The lowest BCUT2D eigenvalue weighted by molar-refractivity contribution is -0.140. The maximum Gasteiger partial charge on any atom is 0.416 e. The normalized spacial score (nSPS) is 14.4. The topological polar surface area (TPSA) is 70.1 Å². The second-order valence-electron chi connectivity index (χ2n) is 13.3. The summed E-state index contributed by atoms with van der Waals surface area (Å²) >= 11 is 6.66. The van der Waals surface area contributed by atoms with Gasteiger partial charge in [0.25, 0.3) is 0 Å². The third-order valence-corrected chi connectivity index (χ3v) is 10.00. The molecule has 0 radical (unpaired) electrons. The summed E-state index contributed by atoms with van der Waals surface area (Å²) in [7, 11) is 0. The molecule has 0 saturated carbocycles. The van der Waals surface area contributed by atoms with Crippen LogP contribution in [0.3, 0.4) is 0 Å². The predicted molar refractivity (Wildman–Crippen MR) is 205 cm³/mol. The molecule has 1 atom stereocenters. The van der Waals surface area contributed by atoms with Gasteiger partial charge in [-0.1, -0.05) is 60.1 Å². The lowest BCUT2D eigenvalue weighted by Crippen LogP contribution is -2.34. The molecule has 1 heterocycles. The summed E-state index contributed by atoms with van der Waals surface area (Å²) in [5, 5.41) is 0.475. The number of pyridine rings is 1. The number of para-hydroxylation sites is 1. The van der Waals surface area contributed by atoms with Crippen molar-refractivity contribution >= 4 is 17.6 Å². The molecule has 54 heavy (non-hydrogen) atoms. The number of alkyl halides is 3. The number of halogens is 4. The summed E-state index contributed by atoms with van der Waals surface area (Å²) in [6, 6.07) is 22.5. The number of aromatic nitrogens is 1. The molecule has 3 aromatic carbocycles. The Morgan fingerprint density at radius 2 is 1.63 bits per heavy atom. The fourth-order valence-electron chi connectivity index (χ4n) is 6.93. The lowest BCUT2D eigenvalue weighted by atomic mass is 9.89. The molecule has 11 heteroatoms. The van der Waals surface area contributed by atoms with Crippen molar-refractivity contribution in [3.63, 3.8) is 0 Å². The van der Waals surface area contributed by atoms with Crippen LogP contribution in [0.5, 0.6) is 5.75 Å². The molecule has 0 spiro atoms. The van der Waals surface area contributed by atoms with Crippen LogP contribution in [-0.2, 0) is 39.8 Å². The van der Waals surface area contributed by atoms with Gasteiger partial charge < -0.3 is 18.9 Å². The number of ether oxygens (including phenoxy) is 4. The van der Waals surface area contributed by atoms with Gasteiger partial charge in [0.1, 0.15) is 18.1 Å². The first-order valence-corrected chi connectivity index (χ1v) is 19.3. The molecule has 5 rings (SSSR count). The molecule has 7 nitrogen and oxygen atoms in total. The van der Waals surface area contributed by atoms with Crippen molar-refractivity contribution < 1.29 is 36.9 Å². The predicted octanol–water partition coefficient (Wildman–Crippen LogP) is 10.7. The van der Waals surface area contributed by atoms with Crippen LogP contribution in [0.15, 0.2) is 78.9 Å². The molecule has 290 valence electrons. The number of esters is 1. The molecular formula is C43H50ClF3N2O5. The number of hydrogen-bond acceptors (Lipinski definition) is 7.